The number of halogens is 1. The third-order valence-corrected chi connectivity index (χ3v) is 4.69. The molecule has 0 spiro atoms. The summed E-state index contributed by atoms with van der Waals surface area (Å²) >= 11 is 3.34. The maximum atomic E-state index is 12.4. The minimum atomic E-state index is -0.505. The lowest BCUT2D eigenvalue weighted by Gasteiger charge is -2.18. The van der Waals surface area contributed by atoms with Crippen LogP contribution < -0.4 is 16.2 Å². The van der Waals surface area contributed by atoms with Crippen LogP contribution in [0.15, 0.2) is 64.3 Å². The first-order valence-corrected chi connectivity index (χ1v) is 10.3. The quantitative estimate of drug-likeness (QED) is 0.435. The topological polar surface area (TPSA) is 101 Å². The van der Waals surface area contributed by atoms with Gasteiger partial charge in [0.05, 0.1) is 22.9 Å². The number of anilines is 1. The van der Waals surface area contributed by atoms with Gasteiger partial charge in [-0.3, -0.25) is 25.1 Å². The first kappa shape index (κ1) is 22.4. The van der Waals surface area contributed by atoms with Crippen molar-refractivity contribution < 1.29 is 14.0 Å². The Morgan fingerprint density at radius 3 is 2.65 bits per heavy atom. The van der Waals surface area contributed by atoms with Crippen LogP contribution in [-0.4, -0.2) is 21.6 Å². The number of furan rings is 1. The summed E-state index contributed by atoms with van der Waals surface area (Å²) in [4.78, 5) is 24.6. The van der Waals surface area contributed by atoms with Gasteiger partial charge >= 0.3 is 5.91 Å². The van der Waals surface area contributed by atoms with Crippen molar-refractivity contribution in [1.82, 2.24) is 20.6 Å². The number of hydrogen-bond acceptors (Lipinski definition) is 5. The average molecular weight is 486 g/mol. The van der Waals surface area contributed by atoms with E-state index in [1.54, 1.807) is 41.2 Å². The van der Waals surface area contributed by atoms with Gasteiger partial charge in [-0.25, -0.2) is 0 Å². The minimum absolute atomic E-state index is 0.0902. The molecule has 2 aromatic heterocycles. The van der Waals surface area contributed by atoms with E-state index in [4.69, 9.17) is 4.42 Å². The van der Waals surface area contributed by atoms with Crippen molar-refractivity contribution in [2.24, 2.45) is 5.41 Å². The smallest absolute Gasteiger partial charge is 0.305 e. The van der Waals surface area contributed by atoms with Crippen molar-refractivity contribution in [2.75, 3.05) is 5.32 Å². The number of aromatic nitrogens is 2. The second-order valence-electron chi connectivity index (χ2n) is 7.96. The molecule has 3 aromatic rings. The lowest BCUT2D eigenvalue weighted by atomic mass is 9.95. The van der Waals surface area contributed by atoms with E-state index in [0.717, 1.165) is 10.0 Å². The number of hydrazine groups is 1. The highest BCUT2D eigenvalue weighted by Crippen LogP contribution is 2.20. The molecule has 8 nitrogen and oxygen atoms in total. The molecule has 0 saturated heterocycles. The number of nitrogens with zero attached hydrogens (tertiary/aromatic N) is 2. The van der Waals surface area contributed by atoms with Gasteiger partial charge in [0.15, 0.2) is 5.76 Å². The number of carbonyl (C=O) groups is 2. The molecule has 3 N–H and O–H groups in total. The highest BCUT2D eigenvalue weighted by atomic mass is 79.9. The van der Waals surface area contributed by atoms with Gasteiger partial charge in [0.25, 0.3) is 0 Å². The van der Waals surface area contributed by atoms with Crippen molar-refractivity contribution in [2.45, 2.75) is 27.3 Å². The van der Waals surface area contributed by atoms with Crippen molar-refractivity contribution in [3.8, 4) is 0 Å². The van der Waals surface area contributed by atoms with Gasteiger partial charge in [0, 0.05) is 22.9 Å². The molecule has 0 atom stereocenters. The lowest BCUT2D eigenvalue weighted by Crippen LogP contribution is -2.35. The molecule has 162 valence electrons. The molecular weight excluding hydrogens is 462 g/mol. The highest BCUT2D eigenvalue weighted by molar-refractivity contribution is 9.10. The molecule has 0 radical (unpaired) electrons. The van der Waals surface area contributed by atoms with Gasteiger partial charge in [-0.1, -0.05) is 39.5 Å². The summed E-state index contributed by atoms with van der Waals surface area (Å²) in [6.07, 6.45) is 3.49. The monoisotopic (exact) mass is 485 g/mol. The van der Waals surface area contributed by atoms with Crippen LogP contribution >= 0.6 is 15.9 Å². The third kappa shape index (κ3) is 6.08. The molecular formula is C22H24BrN5O3. The van der Waals surface area contributed by atoms with Crippen LogP contribution in [0.2, 0.25) is 0 Å². The van der Waals surface area contributed by atoms with Crippen LogP contribution in [0.25, 0.3) is 5.70 Å². The van der Waals surface area contributed by atoms with E-state index in [1.165, 1.54) is 0 Å². The summed E-state index contributed by atoms with van der Waals surface area (Å²) in [7, 11) is 0. The molecule has 0 aliphatic rings. The molecule has 3 rings (SSSR count). The molecule has 0 aliphatic heterocycles. The van der Waals surface area contributed by atoms with E-state index in [1.807, 2.05) is 33.0 Å². The predicted octanol–water partition coefficient (Wildman–Crippen LogP) is 4.18. The Morgan fingerprint density at radius 2 is 1.97 bits per heavy atom. The number of hydrogen-bond donors (Lipinski definition) is 3. The molecule has 2 amide bonds. The molecule has 0 fully saturated rings. The van der Waals surface area contributed by atoms with Crippen molar-refractivity contribution in [1.29, 1.82) is 0 Å². The molecule has 9 heteroatoms. The Kier molecular flexibility index (Phi) is 6.65. The van der Waals surface area contributed by atoms with Gasteiger partial charge in [0.1, 0.15) is 5.76 Å². The number of benzene rings is 1. The summed E-state index contributed by atoms with van der Waals surface area (Å²) in [5.74, 6) is 0.230. The first-order chi connectivity index (χ1) is 14.6. The van der Waals surface area contributed by atoms with Crippen LogP contribution in [0.5, 0.6) is 0 Å². The Bertz CT molecular complexity index is 1110. The zero-order valence-corrected chi connectivity index (χ0v) is 19.1. The van der Waals surface area contributed by atoms with Crippen LogP contribution in [-0.2, 0) is 11.3 Å². The highest BCUT2D eigenvalue weighted by Gasteiger charge is 2.21. The molecule has 1 aromatic carbocycles. The molecule has 0 saturated carbocycles. The third-order valence-electron chi connectivity index (χ3n) is 4.28. The van der Waals surface area contributed by atoms with Crippen LogP contribution in [0.1, 0.15) is 42.6 Å². The summed E-state index contributed by atoms with van der Waals surface area (Å²) < 4.78 is 8.14. The Hall–Kier alpha value is -3.33. The summed E-state index contributed by atoms with van der Waals surface area (Å²) in [6, 6.07) is 10.5. The zero-order chi connectivity index (χ0) is 22.6. The fourth-order valence-corrected chi connectivity index (χ4v) is 2.87. The molecule has 0 aliphatic carbocycles. The summed E-state index contributed by atoms with van der Waals surface area (Å²) in [6.45, 7) is 9.88. The van der Waals surface area contributed by atoms with Crippen LogP contribution in [0.3, 0.4) is 0 Å². The maximum absolute atomic E-state index is 12.4. The van der Waals surface area contributed by atoms with E-state index >= 15 is 0 Å². The van der Waals surface area contributed by atoms with E-state index in [-0.39, 0.29) is 11.7 Å². The van der Waals surface area contributed by atoms with Gasteiger partial charge in [-0.05, 0) is 40.2 Å². The molecule has 2 heterocycles. The predicted molar refractivity (Wildman–Crippen MR) is 122 cm³/mol. The number of amides is 2. The number of carbonyl (C=O) groups excluding carboxylic acids is 2. The van der Waals surface area contributed by atoms with E-state index in [2.05, 4.69) is 43.8 Å². The normalized spacial score (nSPS) is 11.1. The fraction of sp³-hybridized carbons (Fsp3) is 0.227. The molecule has 31 heavy (non-hydrogen) atoms. The Labute approximate surface area is 188 Å². The van der Waals surface area contributed by atoms with Crippen molar-refractivity contribution in [3.05, 3.63) is 76.9 Å². The summed E-state index contributed by atoms with van der Waals surface area (Å²) in [5.41, 5.74) is 6.67. The SMILES string of the molecule is C=C(NNC(=O)c1ccc(Cn2cc(Br)cn2)o1)c1cccc(NC(=O)C(C)(C)C)c1. The Morgan fingerprint density at radius 1 is 1.19 bits per heavy atom. The second kappa shape index (κ2) is 9.22. The van der Waals surface area contributed by atoms with Crippen molar-refractivity contribution in [3.63, 3.8) is 0 Å². The van der Waals surface area contributed by atoms with Gasteiger partial charge < -0.3 is 9.73 Å². The Balaban J connectivity index is 1.56. The van der Waals surface area contributed by atoms with E-state index < -0.39 is 11.3 Å². The largest absolute Gasteiger partial charge is 0.454 e. The molecule has 0 unspecified atom stereocenters. The first-order valence-electron chi connectivity index (χ1n) is 9.55. The van der Waals surface area contributed by atoms with E-state index in [9.17, 15) is 9.59 Å². The standard InChI is InChI=1S/C22H24BrN5O3/c1-14(15-6-5-7-17(10-15)25-21(30)22(2,3)4)26-27-20(29)19-9-8-18(31-19)13-28-12-16(23)11-24-28/h5-12,26H,1,13H2,2-4H3,(H,25,30)(H,27,29). The van der Waals surface area contributed by atoms with Crippen LogP contribution in [0, 0.1) is 5.41 Å². The summed E-state index contributed by atoms with van der Waals surface area (Å²) in [5, 5.41) is 7.03. The second-order valence-corrected chi connectivity index (χ2v) is 8.88. The van der Waals surface area contributed by atoms with Gasteiger partial charge in [-0.15, -0.1) is 0 Å². The van der Waals surface area contributed by atoms with E-state index in [0.29, 0.717) is 23.7 Å². The maximum Gasteiger partial charge on any atom is 0.305 e. The fourth-order valence-electron chi connectivity index (χ4n) is 2.54. The van der Waals surface area contributed by atoms with Crippen LogP contribution in [0.4, 0.5) is 5.69 Å². The van der Waals surface area contributed by atoms with Gasteiger partial charge in [0.2, 0.25) is 5.91 Å². The zero-order valence-electron chi connectivity index (χ0n) is 17.5. The number of nitrogens with one attached hydrogen (secondary N) is 3. The lowest BCUT2D eigenvalue weighted by molar-refractivity contribution is -0.123. The van der Waals surface area contributed by atoms with Crippen molar-refractivity contribution >= 4 is 39.1 Å². The minimum Gasteiger partial charge on any atom is -0.454 e. The number of rotatable bonds is 7. The average Bonchev–Trinajstić information content (AvgIpc) is 3.34. The van der Waals surface area contributed by atoms with Gasteiger partial charge in [-0.2, -0.15) is 5.10 Å². The molecule has 0 bridgehead atoms.